The summed E-state index contributed by atoms with van der Waals surface area (Å²) in [6.45, 7) is 8.28. The van der Waals surface area contributed by atoms with Gasteiger partial charge in [-0.2, -0.15) is 0 Å². The molecule has 45 heavy (non-hydrogen) atoms. The van der Waals surface area contributed by atoms with Crippen LogP contribution in [-0.4, -0.2) is 4.98 Å². The number of nitrogens with zero attached hydrogens (tertiary/aromatic N) is 1. The van der Waals surface area contributed by atoms with Crippen LogP contribution in [-0.2, 0) is 18.4 Å². The van der Waals surface area contributed by atoms with E-state index in [9.17, 15) is 0 Å². The maximum Gasteiger partial charge on any atom is 0.258 e. The zero-order valence-corrected chi connectivity index (χ0v) is 29.7. The van der Waals surface area contributed by atoms with E-state index >= 15 is 0 Å². The smallest absolute Gasteiger partial charge is 0.247 e. The van der Waals surface area contributed by atoms with Crippen LogP contribution in [0.15, 0.2) is 73.1 Å². The van der Waals surface area contributed by atoms with Crippen LogP contribution in [0.5, 0.6) is 0 Å². The lowest BCUT2D eigenvalue weighted by Crippen LogP contribution is -2.43. The number of aromatic nitrogens is 2. The number of aromatic amines is 1. The van der Waals surface area contributed by atoms with E-state index < -0.39 is 0 Å². The maximum absolute atomic E-state index is 3.80. The molecule has 3 rings (SSSR count). The molecule has 1 aromatic heterocycles. The van der Waals surface area contributed by atoms with Gasteiger partial charge in [0, 0.05) is 5.41 Å². The third-order valence-electron chi connectivity index (χ3n) is 10.3. The van der Waals surface area contributed by atoms with E-state index in [1.165, 1.54) is 152 Å². The molecule has 0 aliphatic carbocycles. The third-order valence-corrected chi connectivity index (χ3v) is 10.3. The van der Waals surface area contributed by atoms with E-state index in [1.807, 2.05) is 0 Å². The van der Waals surface area contributed by atoms with Crippen molar-refractivity contribution in [3.63, 3.8) is 0 Å². The van der Waals surface area contributed by atoms with Crippen LogP contribution in [0.1, 0.15) is 178 Å². The molecule has 0 aliphatic heterocycles. The summed E-state index contributed by atoms with van der Waals surface area (Å²) in [5.74, 6) is 1.87. The Morgan fingerprint density at radius 1 is 0.578 bits per heavy atom. The van der Waals surface area contributed by atoms with Crippen molar-refractivity contribution in [2.45, 2.75) is 180 Å². The monoisotopic (exact) mass is 614 g/mol. The molecule has 2 atom stereocenters. The highest BCUT2D eigenvalue weighted by Crippen LogP contribution is 2.43. The summed E-state index contributed by atoms with van der Waals surface area (Å²) in [5.41, 5.74) is 2.91. The molecule has 3 aromatic rings. The summed E-state index contributed by atoms with van der Waals surface area (Å²) in [4.78, 5) is 3.80. The summed E-state index contributed by atoms with van der Waals surface area (Å²) in [7, 11) is 0. The minimum atomic E-state index is 0.00622. The van der Waals surface area contributed by atoms with E-state index in [1.54, 1.807) is 0 Å². The zero-order chi connectivity index (χ0) is 31.8. The summed E-state index contributed by atoms with van der Waals surface area (Å²) < 4.78 is 2.58. The van der Waals surface area contributed by atoms with Crippen molar-refractivity contribution in [2.24, 2.45) is 0 Å². The van der Waals surface area contributed by atoms with E-state index in [2.05, 4.69) is 103 Å². The van der Waals surface area contributed by atoms with Gasteiger partial charge in [0.2, 0.25) is 0 Å². The van der Waals surface area contributed by atoms with Crippen LogP contribution in [0.2, 0.25) is 0 Å². The Hall–Kier alpha value is -2.35. The molecule has 2 heteroatoms. The van der Waals surface area contributed by atoms with Crippen molar-refractivity contribution in [1.82, 2.24) is 4.98 Å². The topological polar surface area (TPSA) is 19.7 Å². The van der Waals surface area contributed by atoms with Gasteiger partial charge in [0.15, 0.2) is 0 Å². The Morgan fingerprint density at radius 3 is 1.58 bits per heavy atom. The van der Waals surface area contributed by atoms with Crippen molar-refractivity contribution >= 4 is 0 Å². The molecule has 250 valence electrons. The molecule has 0 aliphatic rings. The number of imidazole rings is 1. The first-order chi connectivity index (χ1) is 22.2. The molecule has 0 saturated carbocycles. The van der Waals surface area contributed by atoms with Gasteiger partial charge < -0.3 is 0 Å². The molecule has 2 nitrogen and oxygen atoms in total. The summed E-state index contributed by atoms with van der Waals surface area (Å²) in [6.07, 6.45) is 34.5. The standard InChI is InChI=1S/C43H68N2/c1-4-6-8-10-12-14-16-18-20-28-34-41(43(3,40-32-26-23-27-33-40)38-39-30-24-22-25-31-39)42-44-35-37-45(42)36-29-21-19-17-15-13-11-9-7-5-2/h22-27,30-33,35,37,41H,4-21,28-29,34,36,38H2,1-3H3/p+1. The lowest BCUT2D eigenvalue weighted by atomic mass is 9.66. The van der Waals surface area contributed by atoms with Crippen LogP contribution >= 0.6 is 0 Å². The Labute approximate surface area is 278 Å². The minimum Gasteiger partial charge on any atom is -0.247 e. The van der Waals surface area contributed by atoms with E-state index in [0.717, 1.165) is 13.0 Å². The predicted octanol–water partition coefficient (Wildman–Crippen LogP) is 12.8. The number of unbranched alkanes of at least 4 members (excludes halogenated alkanes) is 18. The van der Waals surface area contributed by atoms with Crippen LogP contribution in [0.25, 0.3) is 0 Å². The first-order valence-corrected chi connectivity index (χ1v) is 19.3. The minimum absolute atomic E-state index is 0.00622. The Balaban J connectivity index is 1.66. The zero-order valence-electron chi connectivity index (χ0n) is 29.7. The number of rotatable bonds is 27. The van der Waals surface area contributed by atoms with Crippen LogP contribution in [0.4, 0.5) is 0 Å². The highest BCUT2D eigenvalue weighted by molar-refractivity contribution is 5.32. The molecule has 0 fully saturated rings. The third kappa shape index (κ3) is 13.9. The quantitative estimate of drug-likeness (QED) is 0.0652. The Morgan fingerprint density at radius 2 is 1.04 bits per heavy atom. The van der Waals surface area contributed by atoms with E-state index in [0.29, 0.717) is 5.92 Å². The molecule has 0 saturated heterocycles. The van der Waals surface area contributed by atoms with Gasteiger partial charge in [-0.15, -0.1) is 0 Å². The predicted molar refractivity (Wildman–Crippen MR) is 196 cm³/mol. The van der Waals surface area contributed by atoms with Crippen LogP contribution in [0, 0.1) is 0 Å². The fourth-order valence-corrected chi connectivity index (χ4v) is 7.50. The molecule has 0 amide bonds. The number of benzene rings is 2. The highest BCUT2D eigenvalue weighted by atomic mass is 15.1. The van der Waals surface area contributed by atoms with Crippen molar-refractivity contribution < 1.29 is 4.57 Å². The maximum atomic E-state index is 3.80. The van der Waals surface area contributed by atoms with Crippen molar-refractivity contribution in [3.05, 3.63) is 90.0 Å². The number of hydrogen-bond acceptors (Lipinski definition) is 0. The number of hydrogen-bond donors (Lipinski definition) is 1. The molecule has 2 aromatic carbocycles. The Kier molecular flexibility index (Phi) is 19.0. The first kappa shape index (κ1) is 37.1. The molecule has 1 N–H and O–H groups in total. The second kappa shape index (κ2) is 23.0. The summed E-state index contributed by atoms with van der Waals surface area (Å²) >= 11 is 0. The van der Waals surface area contributed by atoms with Gasteiger partial charge in [-0.3, -0.25) is 0 Å². The normalized spacial score (nSPS) is 13.6. The van der Waals surface area contributed by atoms with Crippen molar-refractivity contribution in [2.75, 3.05) is 0 Å². The van der Waals surface area contributed by atoms with Gasteiger partial charge >= 0.3 is 0 Å². The fourth-order valence-electron chi connectivity index (χ4n) is 7.50. The lowest BCUT2D eigenvalue weighted by molar-refractivity contribution is -0.705. The lowest BCUT2D eigenvalue weighted by Gasteiger charge is -2.37. The van der Waals surface area contributed by atoms with Gasteiger partial charge in [0.25, 0.3) is 5.82 Å². The second-order valence-electron chi connectivity index (χ2n) is 14.2. The average Bonchev–Trinajstić information content (AvgIpc) is 3.53. The molecule has 0 radical (unpaired) electrons. The molecule has 1 heterocycles. The molecular formula is C43H69N2+. The van der Waals surface area contributed by atoms with Crippen molar-refractivity contribution in [1.29, 1.82) is 0 Å². The molecule has 2 unspecified atom stereocenters. The number of H-pyrrole nitrogens is 1. The van der Waals surface area contributed by atoms with E-state index in [-0.39, 0.29) is 5.41 Å². The second-order valence-corrected chi connectivity index (χ2v) is 14.2. The van der Waals surface area contributed by atoms with Crippen LogP contribution < -0.4 is 4.57 Å². The molecule has 0 bridgehead atoms. The summed E-state index contributed by atoms with van der Waals surface area (Å²) in [6, 6.07) is 22.6. The fraction of sp³-hybridized carbons (Fsp3) is 0.651. The first-order valence-electron chi connectivity index (χ1n) is 19.3. The molecule has 0 spiro atoms. The Bertz CT molecular complexity index is 1090. The van der Waals surface area contributed by atoms with Gasteiger partial charge in [-0.05, 0) is 36.8 Å². The van der Waals surface area contributed by atoms with Gasteiger partial charge in [-0.25, -0.2) is 9.55 Å². The number of nitrogens with one attached hydrogen (secondary N) is 1. The summed E-state index contributed by atoms with van der Waals surface area (Å²) in [5, 5.41) is 0. The van der Waals surface area contributed by atoms with Gasteiger partial charge in [0.05, 0.1) is 12.5 Å². The largest absolute Gasteiger partial charge is 0.258 e. The SMILES string of the molecule is CCCCCCCCCCCCC(c1[nH]cc[n+]1CCCCCCCCCCCC)C(C)(Cc1ccccc1)c1ccccc1. The van der Waals surface area contributed by atoms with Gasteiger partial charge in [0.1, 0.15) is 12.4 Å². The average molecular weight is 614 g/mol. The number of aryl methyl sites for hydroxylation is 1. The van der Waals surface area contributed by atoms with Gasteiger partial charge in [-0.1, -0.05) is 197 Å². The van der Waals surface area contributed by atoms with E-state index in [4.69, 9.17) is 0 Å². The van der Waals surface area contributed by atoms with Crippen molar-refractivity contribution in [3.8, 4) is 0 Å². The van der Waals surface area contributed by atoms with Crippen LogP contribution in [0.3, 0.4) is 0 Å². The molecular weight excluding hydrogens is 544 g/mol. The highest BCUT2D eigenvalue weighted by Gasteiger charge is 2.41.